The zero-order valence-electron chi connectivity index (χ0n) is 17.3. The molecular weight excluding hydrogens is 421 g/mol. The quantitative estimate of drug-likeness (QED) is 0.505. The average Bonchev–Trinajstić information content (AvgIpc) is 2.77. The van der Waals surface area contributed by atoms with Crippen LogP contribution in [0.1, 0.15) is 11.1 Å². The number of rotatable bonds is 8. The van der Waals surface area contributed by atoms with E-state index in [1.54, 1.807) is 48.6 Å². The van der Waals surface area contributed by atoms with Crippen molar-refractivity contribution in [2.24, 2.45) is 0 Å². The smallest absolute Gasteiger partial charge is 0.261 e. The van der Waals surface area contributed by atoms with Crippen LogP contribution in [-0.4, -0.2) is 29.7 Å². The van der Waals surface area contributed by atoms with Crippen molar-refractivity contribution in [3.8, 4) is 17.2 Å². The van der Waals surface area contributed by atoms with E-state index in [-0.39, 0.29) is 4.90 Å². The van der Waals surface area contributed by atoms with Gasteiger partial charge in [-0.2, -0.15) is 0 Å². The molecule has 0 saturated heterocycles. The molecule has 3 aromatic carbocycles. The predicted molar refractivity (Wildman–Crippen MR) is 119 cm³/mol. The molecule has 0 unspecified atom stereocenters. The number of methoxy groups -OCH3 is 3. The molecule has 1 N–H and O–H groups in total. The van der Waals surface area contributed by atoms with Gasteiger partial charge < -0.3 is 14.2 Å². The second-order valence-corrected chi connectivity index (χ2v) is 8.12. The largest absolute Gasteiger partial charge is 0.493 e. The van der Waals surface area contributed by atoms with Crippen molar-refractivity contribution in [1.82, 2.24) is 0 Å². The lowest BCUT2D eigenvalue weighted by Gasteiger charge is -2.13. The normalized spacial score (nSPS) is 11.4. The van der Waals surface area contributed by atoms with Crippen molar-refractivity contribution in [2.45, 2.75) is 4.90 Å². The molecule has 0 aliphatic carbocycles. The van der Waals surface area contributed by atoms with Crippen LogP contribution in [0, 0.1) is 5.82 Å². The van der Waals surface area contributed by atoms with Gasteiger partial charge in [0.25, 0.3) is 10.0 Å². The van der Waals surface area contributed by atoms with Crippen molar-refractivity contribution >= 4 is 27.9 Å². The summed E-state index contributed by atoms with van der Waals surface area (Å²) in [5.74, 6) is 0.987. The molecule has 0 heterocycles. The van der Waals surface area contributed by atoms with E-state index >= 15 is 0 Å². The number of ether oxygens (including phenoxy) is 3. The van der Waals surface area contributed by atoms with E-state index in [2.05, 4.69) is 4.72 Å². The van der Waals surface area contributed by atoms with E-state index < -0.39 is 15.8 Å². The van der Waals surface area contributed by atoms with E-state index in [1.807, 2.05) is 0 Å². The van der Waals surface area contributed by atoms with Gasteiger partial charge in [0.1, 0.15) is 5.82 Å². The van der Waals surface area contributed by atoms with Crippen LogP contribution in [-0.2, 0) is 10.0 Å². The Labute approximate surface area is 180 Å². The van der Waals surface area contributed by atoms with Crippen molar-refractivity contribution in [2.75, 3.05) is 26.1 Å². The van der Waals surface area contributed by atoms with E-state index in [0.717, 1.165) is 17.7 Å². The first-order valence-electron chi connectivity index (χ1n) is 9.23. The number of nitrogens with one attached hydrogen (secondary N) is 1. The van der Waals surface area contributed by atoms with Crippen LogP contribution in [0.2, 0.25) is 0 Å². The Balaban J connectivity index is 1.92. The third-order valence-electron chi connectivity index (χ3n) is 4.47. The molecule has 0 aliphatic rings. The number of para-hydroxylation sites is 1. The van der Waals surface area contributed by atoms with E-state index in [4.69, 9.17) is 14.2 Å². The fourth-order valence-electron chi connectivity index (χ4n) is 2.94. The second kappa shape index (κ2) is 9.53. The highest BCUT2D eigenvalue weighted by atomic mass is 32.2. The van der Waals surface area contributed by atoms with Crippen molar-refractivity contribution in [1.29, 1.82) is 0 Å². The molecule has 0 aromatic heterocycles. The summed E-state index contributed by atoms with van der Waals surface area (Å²) in [5, 5.41) is 0. The van der Waals surface area contributed by atoms with Gasteiger partial charge in [0, 0.05) is 0 Å². The summed E-state index contributed by atoms with van der Waals surface area (Å²) < 4.78 is 57.1. The Morgan fingerprint density at radius 2 is 1.45 bits per heavy atom. The standard InChI is InChI=1S/C23H22FNO5S/c1-28-21-14-16(15-22(29-2)23(21)30-3)8-9-17-6-4-5-7-20(17)25-31(26,27)19-12-10-18(24)11-13-19/h4-15,25H,1-3H3. The van der Waals surface area contributed by atoms with E-state index in [0.29, 0.717) is 28.5 Å². The molecule has 0 aliphatic heterocycles. The van der Waals surface area contributed by atoms with Crippen LogP contribution in [0.25, 0.3) is 12.2 Å². The van der Waals surface area contributed by atoms with Gasteiger partial charge in [0.2, 0.25) is 5.75 Å². The van der Waals surface area contributed by atoms with E-state index in [9.17, 15) is 12.8 Å². The minimum Gasteiger partial charge on any atom is -0.493 e. The van der Waals surface area contributed by atoms with Gasteiger partial charge in [-0.1, -0.05) is 30.4 Å². The van der Waals surface area contributed by atoms with Crippen molar-refractivity contribution in [3.63, 3.8) is 0 Å². The number of benzene rings is 3. The van der Waals surface area contributed by atoms with Gasteiger partial charge in [-0.05, 0) is 53.6 Å². The van der Waals surface area contributed by atoms with Crippen LogP contribution in [0.3, 0.4) is 0 Å². The topological polar surface area (TPSA) is 73.9 Å². The first kappa shape index (κ1) is 22.2. The van der Waals surface area contributed by atoms with Crippen LogP contribution in [0.5, 0.6) is 17.2 Å². The Morgan fingerprint density at radius 1 is 0.839 bits per heavy atom. The molecule has 8 heteroatoms. The molecule has 0 spiro atoms. The molecule has 0 fully saturated rings. The summed E-state index contributed by atoms with van der Waals surface area (Å²) in [5.41, 5.74) is 1.79. The van der Waals surface area contributed by atoms with E-state index in [1.165, 1.54) is 33.5 Å². The summed E-state index contributed by atoms with van der Waals surface area (Å²) in [6.07, 6.45) is 3.57. The Morgan fingerprint density at radius 3 is 2.03 bits per heavy atom. The maximum Gasteiger partial charge on any atom is 0.261 e. The summed E-state index contributed by atoms with van der Waals surface area (Å²) in [7, 11) is 0.718. The highest BCUT2D eigenvalue weighted by Gasteiger charge is 2.16. The predicted octanol–water partition coefficient (Wildman–Crippen LogP) is 4.82. The monoisotopic (exact) mass is 443 g/mol. The van der Waals surface area contributed by atoms with Crippen molar-refractivity contribution < 1.29 is 27.0 Å². The van der Waals surface area contributed by atoms with Crippen molar-refractivity contribution in [3.05, 3.63) is 77.6 Å². The highest BCUT2D eigenvalue weighted by molar-refractivity contribution is 7.92. The molecule has 0 amide bonds. The third-order valence-corrected chi connectivity index (χ3v) is 5.85. The maximum absolute atomic E-state index is 13.1. The highest BCUT2D eigenvalue weighted by Crippen LogP contribution is 2.38. The van der Waals surface area contributed by atoms with Gasteiger partial charge in [0.15, 0.2) is 11.5 Å². The van der Waals surface area contributed by atoms with Crippen LogP contribution < -0.4 is 18.9 Å². The zero-order chi connectivity index (χ0) is 22.4. The summed E-state index contributed by atoms with van der Waals surface area (Å²) in [6, 6.07) is 15.1. The first-order valence-corrected chi connectivity index (χ1v) is 10.7. The lowest BCUT2D eigenvalue weighted by molar-refractivity contribution is 0.324. The number of sulfonamides is 1. The van der Waals surface area contributed by atoms with Crippen LogP contribution in [0.4, 0.5) is 10.1 Å². The molecular formula is C23H22FNO5S. The molecule has 162 valence electrons. The fourth-order valence-corrected chi connectivity index (χ4v) is 4.02. The number of hydrogen-bond donors (Lipinski definition) is 1. The number of anilines is 1. The minimum absolute atomic E-state index is 0.0303. The maximum atomic E-state index is 13.1. The lowest BCUT2D eigenvalue weighted by atomic mass is 10.1. The molecule has 3 aromatic rings. The lowest BCUT2D eigenvalue weighted by Crippen LogP contribution is -2.13. The first-order chi connectivity index (χ1) is 14.9. The summed E-state index contributed by atoms with van der Waals surface area (Å²) in [6.45, 7) is 0. The summed E-state index contributed by atoms with van der Waals surface area (Å²) in [4.78, 5) is -0.0303. The molecule has 0 radical (unpaired) electrons. The third kappa shape index (κ3) is 5.16. The minimum atomic E-state index is -3.87. The Kier molecular flexibility index (Phi) is 6.81. The number of halogens is 1. The molecule has 0 saturated carbocycles. The molecule has 3 rings (SSSR count). The Hall–Kier alpha value is -3.52. The summed E-state index contributed by atoms with van der Waals surface area (Å²) >= 11 is 0. The zero-order valence-corrected chi connectivity index (χ0v) is 18.1. The Bertz CT molecular complexity index is 1170. The number of hydrogen-bond acceptors (Lipinski definition) is 5. The van der Waals surface area contributed by atoms with Gasteiger partial charge in [-0.25, -0.2) is 12.8 Å². The fraction of sp³-hybridized carbons (Fsp3) is 0.130. The second-order valence-electron chi connectivity index (χ2n) is 6.44. The average molecular weight is 443 g/mol. The molecule has 31 heavy (non-hydrogen) atoms. The van der Waals surface area contributed by atoms with Crippen LogP contribution >= 0.6 is 0 Å². The molecule has 6 nitrogen and oxygen atoms in total. The molecule has 0 bridgehead atoms. The SMILES string of the molecule is COc1cc(C=Cc2ccccc2NS(=O)(=O)c2ccc(F)cc2)cc(OC)c1OC. The molecule has 0 atom stereocenters. The van der Waals surface area contributed by atoms with Gasteiger partial charge in [0.05, 0.1) is 31.9 Å². The van der Waals surface area contributed by atoms with Gasteiger partial charge in [-0.15, -0.1) is 0 Å². The van der Waals surface area contributed by atoms with Gasteiger partial charge in [-0.3, -0.25) is 4.72 Å². The van der Waals surface area contributed by atoms with Crippen LogP contribution in [0.15, 0.2) is 65.6 Å². The van der Waals surface area contributed by atoms with Gasteiger partial charge >= 0.3 is 0 Å².